The summed E-state index contributed by atoms with van der Waals surface area (Å²) in [7, 11) is 0. The molecule has 2 heterocycles. The first kappa shape index (κ1) is 19.2. The second-order valence-corrected chi connectivity index (χ2v) is 7.94. The summed E-state index contributed by atoms with van der Waals surface area (Å²) in [6, 6.07) is 3.14. The highest BCUT2D eigenvalue weighted by atomic mass is 32.1. The second kappa shape index (κ2) is 7.70. The van der Waals surface area contributed by atoms with E-state index in [1.807, 2.05) is 0 Å². The quantitative estimate of drug-likeness (QED) is 0.507. The number of fused-ring (bicyclic) bond motifs is 3. The third-order valence-electron chi connectivity index (χ3n) is 4.95. The van der Waals surface area contributed by atoms with Crippen molar-refractivity contribution in [3.8, 4) is 0 Å². The molecule has 0 atom stereocenters. The first-order valence-corrected chi connectivity index (χ1v) is 9.99. The number of nitro benzene ring substituents is 1. The highest BCUT2D eigenvalue weighted by Crippen LogP contribution is 2.33. The van der Waals surface area contributed by atoms with Crippen LogP contribution < -0.4 is 10.9 Å². The Balaban J connectivity index is 1.49. The number of halogens is 1. The summed E-state index contributed by atoms with van der Waals surface area (Å²) in [6.45, 7) is 0.127. The van der Waals surface area contributed by atoms with E-state index in [0.717, 1.165) is 48.2 Å². The van der Waals surface area contributed by atoms with Crippen LogP contribution >= 0.6 is 11.3 Å². The van der Waals surface area contributed by atoms with Crippen LogP contribution in [0.3, 0.4) is 0 Å². The van der Waals surface area contributed by atoms with Gasteiger partial charge in [0.2, 0.25) is 11.7 Å². The van der Waals surface area contributed by atoms with Gasteiger partial charge in [-0.1, -0.05) is 0 Å². The number of aromatic nitrogens is 2. The van der Waals surface area contributed by atoms with E-state index in [4.69, 9.17) is 0 Å². The Bertz CT molecular complexity index is 1190. The molecule has 1 amide bonds. The number of hydrogen-bond donors (Lipinski definition) is 1. The van der Waals surface area contributed by atoms with Crippen LogP contribution in [-0.2, 0) is 24.2 Å². The largest absolute Gasteiger partial charge is 0.326 e. The summed E-state index contributed by atoms with van der Waals surface area (Å²) >= 11 is 1.56. The fourth-order valence-corrected chi connectivity index (χ4v) is 4.74. The van der Waals surface area contributed by atoms with Crippen LogP contribution in [0.2, 0.25) is 0 Å². The Morgan fingerprint density at radius 2 is 2.14 bits per heavy atom. The van der Waals surface area contributed by atoms with Gasteiger partial charge in [-0.05, 0) is 43.4 Å². The number of carbonyl (C=O) groups is 1. The number of thiophene rings is 1. The SMILES string of the molecule is O=C(CCn1cnc2sc3c(c2c1=O)CCCC3)Nc1ccc(F)c([N+](=O)[O-])c1. The van der Waals surface area contributed by atoms with Crippen molar-refractivity contribution in [3.63, 3.8) is 0 Å². The van der Waals surface area contributed by atoms with E-state index in [0.29, 0.717) is 5.39 Å². The van der Waals surface area contributed by atoms with Crippen molar-refractivity contribution in [2.75, 3.05) is 5.32 Å². The van der Waals surface area contributed by atoms with E-state index >= 15 is 0 Å². The molecule has 0 unspecified atom stereocenters. The Morgan fingerprint density at radius 1 is 1.34 bits per heavy atom. The average Bonchev–Trinajstić information content (AvgIpc) is 3.08. The molecule has 10 heteroatoms. The van der Waals surface area contributed by atoms with Gasteiger partial charge in [0.1, 0.15) is 4.83 Å². The maximum Gasteiger partial charge on any atom is 0.306 e. The van der Waals surface area contributed by atoms with E-state index in [1.54, 1.807) is 11.3 Å². The van der Waals surface area contributed by atoms with E-state index in [2.05, 4.69) is 10.3 Å². The molecule has 8 nitrogen and oxygen atoms in total. The lowest BCUT2D eigenvalue weighted by Gasteiger charge is -2.10. The van der Waals surface area contributed by atoms with E-state index < -0.39 is 22.3 Å². The standard InChI is InChI=1S/C19H17FN4O4S/c20-13-6-5-11(9-14(13)24(27)28)22-16(25)7-8-23-10-21-18-17(19(23)26)12-3-1-2-4-15(12)29-18/h5-6,9-10H,1-4,7-8H2,(H,22,25). The lowest BCUT2D eigenvalue weighted by Crippen LogP contribution is -2.24. The number of rotatable bonds is 5. The summed E-state index contributed by atoms with van der Waals surface area (Å²) in [5, 5.41) is 14.0. The molecule has 29 heavy (non-hydrogen) atoms. The molecule has 150 valence electrons. The zero-order valence-corrected chi connectivity index (χ0v) is 16.1. The number of amides is 1. The zero-order valence-electron chi connectivity index (χ0n) is 15.3. The van der Waals surface area contributed by atoms with Gasteiger partial charge in [0.15, 0.2) is 0 Å². The summed E-state index contributed by atoms with van der Waals surface area (Å²) < 4.78 is 14.8. The maximum absolute atomic E-state index is 13.4. The number of nitro groups is 1. The van der Waals surface area contributed by atoms with Crippen molar-refractivity contribution in [2.24, 2.45) is 0 Å². The van der Waals surface area contributed by atoms with Gasteiger partial charge < -0.3 is 5.32 Å². The van der Waals surface area contributed by atoms with Gasteiger partial charge in [0, 0.05) is 29.6 Å². The van der Waals surface area contributed by atoms with Crippen LogP contribution in [-0.4, -0.2) is 20.4 Å². The minimum atomic E-state index is -0.974. The molecule has 2 aromatic heterocycles. The third-order valence-corrected chi connectivity index (χ3v) is 6.15. The Morgan fingerprint density at radius 3 is 2.93 bits per heavy atom. The van der Waals surface area contributed by atoms with Gasteiger partial charge in [-0.3, -0.25) is 24.3 Å². The van der Waals surface area contributed by atoms with Gasteiger partial charge in [0.25, 0.3) is 5.56 Å². The molecule has 0 radical (unpaired) electrons. The molecule has 0 fully saturated rings. The van der Waals surface area contributed by atoms with Crippen molar-refractivity contribution < 1.29 is 14.1 Å². The van der Waals surface area contributed by atoms with Crippen molar-refractivity contribution in [3.05, 3.63) is 61.3 Å². The van der Waals surface area contributed by atoms with Crippen molar-refractivity contribution in [1.29, 1.82) is 0 Å². The number of nitrogens with one attached hydrogen (secondary N) is 1. The minimum absolute atomic E-state index is 0.0232. The summed E-state index contributed by atoms with van der Waals surface area (Å²) in [5.74, 6) is -1.41. The number of carbonyl (C=O) groups excluding carboxylic acids is 1. The minimum Gasteiger partial charge on any atom is -0.326 e. The number of nitrogens with zero attached hydrogens (tertiary/aromatic N) is 3. The van der Waals surface area contributed by atoms with Gasteiger partial charge in [-0.2, -0.15) is 4.39 Å². The highest BCUT2D eigenvalue weighted by molar-refractivity contribution is 7.18. The number of hydrogen-bond acceptors (Lipinski definition) is 6. The molecule has 0 aliphatic heterocycles. The molecule has 1 aromatic carbocycles. The van der Waals surface area contributed by atoms with Gasteiger partial charge in [-0.15, -0.1) is 11.3 Å². The first-order chi connectivity index (χ1) is 13.9. The lowest BCUT2D eigenvalue weighted by molar-refractivity contribution is -0.387. The second-order valence-electron chi connectivity index (χ2n) is 6.86. The zero-order chi connectivity index (χ0) is 20.5. The number of benzene rings is 1. The third kappa shape index (κ3) is 3.75. The molecular formula is C19H17FN4O4S. The fourth-order valence-electron chi connectivity index (χ4n) is 3.52. The van der Waals surface area contributed by atoms with Crippen LogP contribution in [0, 0.1) is 15.9 Å². The summed E-state index contributed by atoms with van der Waals surface area (Å²) in [4.78, 5) is 41.4. The monoisotopic (exact) mass is 416 g/mol. The molecular weight excluding hydrogens is 399 g/mol. The normalized spacial score (nSPS) is 13.3. The molecule has 1 N–H and O–H groups in total. The smallest absolute Gasteiger partial charge is 0.306 e. The predicted octanol–water partition coefficient (Wildman–Crippen LogP) is 3.41. The lowest BCUT2D eigenvalue weighted by atomic mass is 9.97. The molecule has 4 rings (SSSR count). The van der Waals surface area contributed by atoms with Crippen LogP contribution in [0.5, 0.6) is 0 Å². The van der Waals surface area contributed by atoms with Crippen molar-refractivity contribution in [2.45, 2.75) is 38.6 Å². The number of anilines is 1. The van der Waals surface area contributed by atoms with Gasteiger partial charge in [-0.25, -0.2) is 4.98 Å². The van der Waals surface area contributed by atoms with Crippen LogP contribution in [0.1, 0.15) is 29.7 Å². The molecule has 1 aliphatic carbocycles. The van der Waals surface area contributed by atoms with E-state index in [-0.39, 0.29) is 24.2 Å². The molecule has 3 aromatic rings. The topological polar surface area (TPSA) is 107 Å². The van der Waals surface area contributed by atoms with Crippen LogP contribution in [0.4, 0.5) is 15.8 Å². The molecule has 0 saturated heterocycles. The Kier molecular flexibility index (Phi) is 5.10. The maximum atomic E-state index is 13.4. The summed E-state index contributed by atoms with van der Waals surface area (Å²) in [6.07, 6.45) is 5.45. The van der Waals surface area contributed by atoms with E-state index in [9.17, 15) is 24.1 Å². The Labute approximate surface area is 168 Å². The van der Waals surface area contributed by atoms with E-state index in [1.165, 1.54) is 21.8 Å². The van der Waals surface area contributed by atoms with Gasteiger partial charge in [0.05, 0.1) is 16.6 Å². The first-order valence-electron chi connectivity index (χ1n) is 9.17. The molecule has 0 spiro atoms. The van der Waals surface area contributed by atoms with Crippen LogP contribution in [0.15, 0.2) is 29.3 Å². The predicted molar refractivity (Wildman–Crippen MR) is 107 cm³/mol. The van der Waals surface area contributed by atoms with Crippen LogP contribution in [0.25, 0.3) is 10.2 Å². The average molecular weight is 416 g/mol. The molecule has 1 aliphatic rings. The van der Waals surface area contributed by atoms with Gasteiger partial charge >= 0.3 is 5.69 Å². The van der Waals surface area contributed by atoms with Crippen molar-refractivity contribution in [1.82, 2.24) is 9.55 Å². The van der Waals surface area contributed by atoms with Crippen molar-refractivity contribution >= 4 is 38.8 Å². The molecule has 0 saturated carbocycles. The summed E-state index contributed by atoms with van der Waals surface area (Å²) in [5.41, 5.74) is 0.345. The Hall–Kier alpha value is -3.14. The number of aryl methyl sites for hydroxylation is 3. The fraction of sp³-hybridized carbons (Fsp3) is 0.316. The highest BCUT2D eigenvalue weighted by Gasteiger charge is 2.20. The molecule has 0 bridgehead atoms.